The summed E-state index contributed by atoms with van der Waals surface area (Å²) < 4.78 is 10.7. The molecule has 3 N–H and O–H groups in total. The molecule has 1 aromatic heterocycles. The van der Waals surface area contributed by atoms with Crippen molar-refractivity contribution in [3.8, 4) is 5.75 Å². The van der Waals surface area contributed by atoms with Crippen LogP contribution in [0.25, 0.3) is 0 Å². The van der Waals surface area contributed by atoms with Gasteiger partial charge in [-0.2, -0.15) is 0 Å². The molecule has 0 saturated carbocycles. The lowest BCUT2D eigenvalue weighted by Crippen LogP contribution is -2.41. The first-order valence-electron chi connectivity index (χ1n) is 8.81. The first-order chi connectivity index (χ1) is 12.8. The molecule has 27 heavy (non-hydrogen) atoms. The second-order valence-electron chi connectivity index (χ2n) is 5.44. The van der Waals surface area contributed by atoms with Crippen molar-refractivity contribution in [2.75, 3.05) is 32.8 Å². The molecular formula is C19H27IN4O3. The Balaban J connectivity index is 0.00000364. The van der Waals surface area contributed by atoms with Crippen LogP contribution in [0.2, 0.25) is 0 Å². The topological polar surface area (TPSA) is 87.9 Å². The third-order valence-corrected chi connectivity index (χ3v) is 3.38. The number of ether oxygens (including phenoxy) is 1. The summed E-state index contributed by atoms with van der Waals surface area (Å²) in [6.07, 6.45) is 2.30. The number of halogens is 1. The molecule has 0 unspecified atom stereocenters. The monoisotopic (exact) mass is 486 g/mol. The molecule has 7 nitrogen and oxygen atoms in total. The number of hydrogen-bond donors (Lipinski definition) is 3. The van der Waals surface area contributed by atoms with Gasteiger partial charge >= 0.3 is 0 Å². The summed E-state index contributed by atoms with van der Waals surface area (Å²) in [6.45, 7) is 5.09. The first kappa shape index (κ1) is 22.8. The zero-order valence-corrected chi connectivity index (χ0v) is 17.8. The number of aliphatic imine (C=N–C) groups is 1. The third-order valence-electron chi connectivity index (χ3n) is 3.38. The van der Waals surface area contributed by atoms with Crippen molar-refractivity contribution in [3.05, 3.63) is 54.5 Å². The van der Waals surface area contributed by atoms with Crippen molar-refractivity contribution in [1.29, 1.82) is 0 Å². The lowest BCUT2D eigenvalue weighted by atomic mass is 10.3. The van der Waals surface area contributed by atoms with Crippen LogP contribution in [0.4, 0.5) is 0 Å². The molecule has 0 radical (unpaired) electrons. The molecule has 2 aromatic rings. The Morgan fingerprint density at radius 3 is 2.56 bits per heavy atom. The maximum Gasteiger partial charge on any atom is 0.287 e. The van der Waals surface area contributed by atoms with E-state index < -0.39 is 0 Å². The number of rotatable bonds is 10. The molecule has 1 amide bonds. The number of amides is 1. The number of para-hydroxylation sites is 1. The summed E-state index contributed by atoms with van der Waals surface area (Å²) in [5, 5.41) is 9.14. The standard InChI is InChI=1S/C19H26N4O3.HI/c1-2-20-19(22-11-7-15-25-16-8-4-3-5-9-16)23-13-12-21-18(24)17-10-6-14-26-17;/h3-6,8-10,14H,2,7,11-13,15H2,1H3,(H,21,24)(H2,20,22,23);1H. The van der Waals surface area contributed by atoms with E-state index in [0.717, 1.165) is 24.7 Å². The molecule has 1 aromatic carbocycles. The largest absolute Gasteiger partial charge is 0.494 e. The Labute approximate surface area is 177 Å². The predicted molar refractivity (Wildman–Crippen MR) is 117 cm³/mol. The number of nitrogens with zero attached hydrogens (tertiary/aromatic N) is 1. The van der Waals surface area contributed by atoms with Gasteiger partial charge in [-0.1, -0.05) is 18.2 Å². The van der Waals surface area contributed by atoms with Gasteiger partial charge in [0, 0.05) is 32.6 Å². The van der Waals surface area contributed by atoms with Crippen LogP contribution in [-0.2, 0) is 0 Å². The van der Waals surface area contributed by atoms with E-state index in [0.29, 0.717) is 32.0 Å². The molecule has 0 bridgehead atoms. The molecule has 0 spiro atoms. The maximum absolute atomic E-state index is 11.7. The van der Waals surface area contributed by atoms with Crippen LogP contribution in [0.3, 0.4) is 0 Å². The van der Waals surface area contributed by atoms with E-state index in [2.05, 4.69) is 20.9 Å². The fourth-order valence-electron chi connectivity index (χ4n) is 2.16. The summed E-state index contributed by atoms with van der Waals surface area (Å²) >= 11 is 0. The van der Waals surface area contributed by atoms with Gasteiger partial charge in [-0.3, -0.25) is 9.79 Å². The van der Waals surface area contributed by atoms with Crippen molar-refractivity contribution in [1.82, 2.24) is 16.0 Å². The van der Waals surface area contributed by atoms with Crippen molar-refractivity contribution >= 4 is 35.8 Å². The number of carbonyl (C=O) groups excluding carboxylic acids is 1. The van der Waals surface area contributed by atoms with Crippen LogP contribution >= 0.6 is 24.0 Å². The minimum Gasteiger partial charge on any atom is -0.494 e. The van der Waals surface area contributed by atoms with Gasteiger partial charge in [-0.05, 0) is 31.2 Å². The van der Waals surface area contributed by atoms with E-state index in [9.17, 15) is 4.79 Å². The van der Waals surface area contributed by atoms with Gasteiger partial charge in [0.25, 0.3) is 5.91 Å². The van der Waals surface area contributed by atoms with Crippen molar-refractivity contribution < 1.29 is 13.9 Å². The molecule has 1 heterocycles. The van der Waals surface area contributed by atoms with Gasteiger partial charge in [0.15, 0.2) is 11.7 Å². The minimum absolute atomic E-state index is 0. The highest BCUT2D eigenvalue weighted by atomic mass is 127. The van der Waals surface area contributed by atoms with Gasteiger partial charge in [0.05, 0.1) is 12.9 Å². The molecule has 0 atom stereocenters. The minimum atomic E-state index is -0.225. The van der Waals surface area contributed by atoms with Crippen LogP contribution in [0.1, 0.15) is 23.9 Å². The Kier molecular flexibility index (Phi) is 11.7. The second kappa shape index (κ2) is 13.9. The third kappa shape index (κ3) is 9.32. The second-order valence-corrected chi connectivity index (χ2v) is 5.44. The van der Waals surface area contributed by atoms with Crippen LogP contribution < -0.4 is 20.7 Å². The lowest BCUT2D eigenvalue weighted by Gasteiger charge is -2.11. The Hall–Kier alpha value is -2.23. The lowest BCUT2D eigenvalue weighted by molar-refractivity contribution is 0.0926. The van der Waals surface area contributed by atoms with Gasteiger partial charge in [0.2, 0.25) is 0 Å². The SMILES string of the molecule is CCNC(=NCCCOc1ccccc1)NCCNC(=O)c1ccco1.I. The Morgan fingerprint density at radius 2 is 1.85 bits per heavy atom. The van der Waals surface area contributed by atoms with Crippen LogP contribution in [0, 0.1) is 0 Å². The van der Waals surface area contributed by atoms with Crippen LogP contribution in [-0.4, -0.2) is 44.7 Å². The fraction of sp³-hybridized carbons (Fsp3) is 0.368. The first-order valence-corrected chi connectivity index (χ1v) is 8.81. The van der Waals surface area contributed by atoms with Gasteiger partial charge in [-0.25, -0.2) is 0 Å². The number of guanidine groups is 1. The summed E-state index contributed by atoms with van der Waals surface area (Å²) in [7, 11) is 0. The molecule has 2 rings (SSSR count). The van der Waals surface area contributed by atoms with Gasteiger partial charge < -0.3 is 25.1 Å². The molecule has 0 aliphatic heterocycles. The van der Waals surface area contributed by atoms with Gasteiger partial charge in [0.1, 0.15) is 5.75 Å². The number of hydrogen-bond acceptors (Lipinski definition) is 4. The predicted octanol–water partition coefficient (Wildman–Crippen LogP) is 2.65. The average Bonchev–Trinajstić information content (AvgIpc) is 3.20. The van der Waals surface area contributed by atoms with Crippen molar-refractivity contribution in [3.63, 3.8) is 0 Å². The fourth-order valence-corrected chi connectivity index (χ4v) is 2.16. The van der Waals surface area contributed by atoms with E-state index in [1.54, 1.807) is 12.1 Å². The van der Waals surface area contributed by atoms with E-state index in [4.69, 9.17) is 9.15 Å². The summed E-state index contributed by atoms with van der Waals surface area (Å²) in [6, 6.07) is 13.0. The normalized spacial score (nSPS) is 10.6. The average molecular weight is 486 g/mol. The number of furan rings is 1. The van der Waals surface area contributed by atoms with Crippen molar-refractivity contribution in [2.45, 2.75) is 13.3 Å². The molecular weight excluding hydrogens is 459 g/mol. The molecule has 8 heteroatoms. The zero-order chi connectivity index (χ0) is 18.5. The Bertz CT molecular complexity index is 663. The van der Waals surface area contributed by atoms with Crippen molar-refractivity contribution in [2.24, 2.45) is 4.99 Å². The number of nitrogens with one attached hydrogen (secondary N) is 3. The van der Waals surface area contributed by atoms with E-state index in [1.165, 1.54) is 6.26 Å². The Morgan fingerprint density at radius 1 is 1.07 bits per heavy atom. The summed E-state index contributed by atoms with van der Waals surface area (Å²) in [4.78, 5) is 16.2. The molecule has 0 aliphatic rings. The quantitative estimate of drug-likeness (QED) is 0.208. The van der Waals surface area contributed by atoms with Crippen LogP contribution in [0.5, 0.6) is 5.75 Å². The maximum atomic E-state index is 11.7. The molecule has 0 saturated heterocycles. The van der Waals surface area contributed by atoms with Crippen LogP contribution in [0.15, 0.2) is 58.1 Å². The molecule has 0 fully saturated rings. The smallest absolute Gasteiger partial charge is 0.287 e. The highest BCUT2D eigenvalue weighted by Crippen LogP contribution is 2.08. The van der Waals surface area contributed by atoms with E-state index >= 15 is 0 Å². The van der Waals surface area contributed by atoms with Gasteiger partial charge in [-0.15, -0.1) is 24.0 Å². The van der Waals surface area contributed by atoms with E-state index in [1.807, 2.05) is 37.3 Å². The number of benzene rings is 1. The summed E-state index contributed by atoms with van der Waals surface area (Å²) in [5.41, 5.74) is 0. The highest BCUT2D eigenvalue weighted by molar-refractivity contribution is 14.0. The number of carbonyl (C=O) groups is 1. The molecule has 148 valence electrons. The highest BCUT2D eigenvalue weighted by Gasteiger charge is 2.06. The molecule has 0 aliphatic carbocycles. The van der Waals surface area contributed by atoms with E-state index in [-0.39, 0.29) is 29.9 Å². The zero-order valence-electron chi connectivity index (χ0n) is 15.4. The summed E-state index contributed by atoms with van der Waals surface area (Å²) in [5.74, 6) is 1.68.